The topological polar surface area (TPSA) is 93.7 Å². The summed E-state index contributed by atoms with van der Waals surface area (Å²) in [6.45, 7) is 3.35. The molecule has 0 amide bonds. The first-order valence-electron chi connectivity index (χ1n) is 14.8. The van der Waals surface area contributed by atoms with Crippen LogP contribution >= 0.6 is 0 Å². The van der Waals surface area contributed by atoms with Crippen LogP contribution in [0.2, 0.25) is 0 Å². The number of fused-ring (bicyclic) bond motifs is 4. The normalized spacial score (nSPS) is 17.6. The summed E-state index contributed by atoms with van der Waals surface area (Å²) >= 11 is 0. The smallest absolute Gasteiger partial charge is 0.317 e. The van der Waals surface area contributed by atoms with Gasteiger partial charge in [-0.3, -0.25) is 9.88 Å². The predicted octanol–water partition coefficient (Wildman–Crippen LogP) is 6.15. The Hall–Kier alpha value is -4.59. The van der Waals surface area contributed by atoms with Crippen LogP contribution in [0.4, 0.5) is 8.78 Å². The molecular weight excluding hydrogens is 566 g/mol. The Morgan fingerprint density at radius 2 is 1.93 bits per heavy atom. The van der Waals surface area contributed by atoms with E-state index in [0.717, 1.165) is 44.3 Å². The maximum atomic E-state index is 16.8. The Balaban J connectivity index is 1.33. The molecule has 0 spiro atoms. The van der Waals surface area contributed by atoms with E-state index in [-0.39, 0.29) is 45.0 Å². The predicted molar refractivity (Wildman–Crippen MR) is 159 cm³/mol. The van der Waals surface area contributed by atoms with Crippen LogP contribution in [-0.4, -0.2) is 56.8 Å². The number of rotatable bonds is 5. The molecule has 2 saturated heterocycles. The molecule has 2 fully saturated rings. The summed E-state index contributed by atoms with van der Waals surface area (Å²) in [5, 5.41) is 11.6. The maximum Gasteiger partial charge on any atom is 0.317 e. The van der Waals surface area contributed by atoms with Crippen LogP contribution in [-0.2, 0) is 17.8 Å². The number of ether oxygens (including phenoxy) is 2. The summed E-state index contributed by atoms with van der Waals surface area (Å²) in [6, 6.07) is 5.54. The number of halogens is 2. The van der Waals surface area contributed by atoms with Gasteiger partial charge in [-0.25, -0.2) is 8.78 Å². The minimum absolute atomic E-state index is 0.0145. The average Bonchev–Trinajstić information content (AvgIpc) is 3.74. The molecule has 0 atom stereocenters. The van der Waals surface area contributed by atoms with Gasteiger partial charge >= 0.3 is 6.01 Å². The lowest BCUT2D eigenvalue weighted by Gasteiger charge is -2.31. The molecule has 8 nitrogen and oxygen atoms in total. The lowest BCUT2D eigenvalue weighted by molar-refractivity contribution is 0.0940. The Labute approximate surface area is 251 Å². The van der Waals surface area contributed by atoms with E-state index in [1.807, 2.05) is 0 Å². The van der Waals surface area contributed by atoms with Gasteiger partial charge in [-0.2, -0.15) is 9.97 Å². The fourth-order valence-corrected chi connectivity index (χ4v) is 7.26. The quantitative estimate of drug-likeness (QED) is 0.242. The van der Waals surface area contributed by atoms with Crippen LogP contribution in [0, 0.1) is 24.0 Å². The van der Waals surface area contributed by atoms with Crippen molar-refractivity contribution < 1.29 is 27.8 Å². The number of hydrogen-bond donors (Lipinski definition) is 1. The van der Waals surface area contributed by atoms with E-state index in [9.17, 15) is 9.50 Å². The minimum atomic E-state index is -0.766. The fourth-order valence-electron chi connectivity index (χ4n) is 7.26. The molecule has 10 heteroatoms. The van der Waals surface area contributed by atoms with Crippen LogP contribution in [0.15, 0.2) is 41.1 Å². The van der Waals surface area contributed by atoms with Gasteiger partial charge in [-0.1, -0.05) is 12.0 Å². The van der Waals surface area contributed by atoms with E-state index in [4.69, 9.17) is 25.3 Å². The van der Waals surface area contributed by atoms with Crippen molar-refractivity contribution >= 4 is 21.7 Å². The van der Waals surface area contributed by atoms with E-state index in [1.54, 1.807) is 6.26 Å². The van der Waals surface area contributed by atoms with Gasteiger partial charge in [0.25, 0.3) is 0 Å². The van der Waals surface area contributed by atoms with Gasteiger partial charge in [0, 0.05) is 33.7 Å². The Morgan fingerprint density at radius 3 is 2.75 bits per heavy atom. The summed E-state index contributed by atoms with van der Waals surface area (Å²) in [4.78, 5) is 16.3. The molecule has 3 aliphatic heterocycles. The lowest BCUT2D eigenvalue weighted by Crippen LogP contribution is -2.43. The molecular formula is C34H28F2N4O4. The van der Waals surface area contributed by atoms with Crippen LogP contribution in [0.1, 0.15) is 42.6 Å². The molecule has 8 rings (SSSR count). The lowest BCUT2D eigenvalue weighted by atomic mass is 9.95. The second-order valence-electron chi connectivity index (χ2n) is 11.8. The molecule has 0 saturated carbocycles. The number of nitrogens with zero attached hydrogens (tertiary/aromatic N) is 4. The van der Waals surface area contributed by atoms with Crippen molar-refractivity contribution in [2.24, 2.45) is 0 Å². The Morgan fingerprint density at radius 1 is 1.09 bits per heavy atom. The van der Waals surface area contributed by atoms with Gasteiger partial charge in [0.05, 0.1) is 23.4 Å². The van der Waals surface area contributed by atoms with E-state index < -0.39 is 11.6 Å². The van der Waals surface area contributed by atoms with Gasteiger partial charge in [0.1, 0.15) is 48.0 Å². The standard InChI is InChI=1S/C34H28F2N4O4/c1-2-21-26(35)6-5-19-13-20(41)14-23(28(19)21)31-29(36)32-24(15-37-31)30(25-16-43-27-17-42-12-7-22(25)27)38-33(39-32)44-18-34-8-3-10-40(34)11-4-9-34/h1,5-6,13-16,41H,3-4,7-12,17-18H2. The monoisotopic (exact) mass is 594 g/mol. The van der Waals surface area contributed by atoms with Crippen molar-refractivity contribution in [3.63, 3.8) is 0 Å². The second kappa shape index (κ2) is 10.3. The number of aromatic nitrogens is 3. The Bertz CT molecular complexity index is 2010. The minimum Gasteiger partial charge on any atom is -0.508 e. The average molecular weight is 595 g/mol. The third kappa shape index (κ3) is 4.14. The molecule has 3 aromatic heterocycles. The summed E-state index contributed by atoms with van der Waals surface area (Å²) in [6.07, 6.45) is 13.7. The van der Waals surface area contributed by atoms with Gasteiger partial charge in [-0.05, 0) is 68.8 Å². The number of terminal acetylenes is 1. The number of hydrogen-bond acceptors (Lipinski definition) is 8. The van der Waals surface area contributed by atoms with Crippen LogP contribution < -0.4 is 4.74 Å². The third-order valence-corrected chi connectivity index (χ3v) is 9.36. The zero-order chi connectivity index (χ0) is 30.0. The summed E-state index contributed by atoms with van der Waals surface area (Å²) in [5.74, 6) is 1.54. The molecule has 0 unspecified atom stereocenters. The Kier molecular flexibility index (Phi) is 6.29. The molecule has 44 heavy (non-hydrogen) atoms. The fraction of sp³-hybridized carbons (Fsp3) is 0.324. The van der Waals surface area contributed by atoms with Gasteiger partial charge < -0.3 is 19.0 Å². The number of aromatic hydroxyl groups is 1. The van der Waals surface area contributed by atoms with Crippen molar-refractivity contribution in [3.8, 4) is 46.6 Å². The van der Waals surface area contributed by atoms with Gasteiger partial charge in [0.15, 0.2) is 5.82 Å². The van der Waals surface area contributed by atoms with E-state index in [1.165, 1.54) is 30.5 Å². The largest absolute Gasteiger partial charge is 0.508 e. The molecule has 0 aliphatic carbocycles. The first-order valence-corrected chi connectivity index (χ1v) is 14.8. The zero-order valence-corrected chi connectivity index (χ0v) is 23.8. The summed E-state index contributed by atoms with van der Waals surface area (Å²) in [5.41, 5.74) is 1.98. The van der Waals surface area contributed by atoms with Crippen LogP contribution in [0.25, 0.3) is 44.2 Å². The zero-order valence-electron chi connectivity index (χ0n) is 23.8. The van der Waals surface area contributed by atoms with Gasteiger partial charge in [-0.15, -0.1) is 6.42 Å². The third-order valence-electron chi connectivity index (χ3n) is 9.36. The van der Waals surface area contributed by atoms with E-state index in [2.05, 4.69) is 20.8 Å². The molecule has 0 bridgehead atoms. The molecule has 6 heterocycles. The van der Waals surface area contributed by atoms with Crippen LogP contribution in [0.5, 0.6) is 11.8 Å². The molecule has 1 N–H and O–H groups in total. The number of benzene rings is 2. The van der Waals surface area contributed by atoms with Gasteiger partial charge in [0.2, 0.25) is 0 Å². The molecule has 2 aromatic carbocycles. The molecule has 222 valence electrons. The number of furan rings is 1. The highest BCUT2D eigenvalue weighted by molar-refractivity contribution is 6.03. The first kappa shape index (κ1) is 27.0. The molecule has 5 aromatic rings. The van der Waals surface area contributed by atoms with Crippen molar-refractivity contribution in [2.75, 3.05) is 26.3 Å². The SMILES string of the molecule is C#Cc1c(F)ccc2cc(O)cc(-c3ncc4c(-c5coc6c5CCOC6)nc(OCC56CCCN5CCC6)nc4c3F)c12. The number of phenols is 1. The highest BCUT2D eigenvalue weighted by atomic mass is 19.1. The second-order valence-corrected chi connectivity index (χ2v) is 11.8. The summed E-state index contributed by atoms with van der Waals surface area (Å²) in [7, 11) is 0. The van der Waals surface area contributed by atoms with Crippen molar-refractivity contribution in [2.45, 2.75) is 44.2 Å². The highest BCUT2D eigenvalue weighted by Gasteiger charge is 2.45. The molecule has 0 radical (unpaired) electrons. The maximum absolute atomic E-state index is 16.8. The van der Waals surface area contributed by atoms with Crippen molar-refractivity contribution in [3.05, 3.63) is 65.2 Å². The van der Waals surface area contributed by atoms with Crippen molar-refractivity contribution in [1.82, 2.24) is 19.9 Å². The number of pyridine rings is 1. The number of phenolic OH excluding ortho intramolecular Hbond substituents is 1. The highest BCUT2D eigenvalue weighted by Crippen LogP contribution is 2.42. The van der Waals surface area contributed by atoms with Crippen molar-refractivity contribution in [1.29, 1.82) is 0 Å². The first-order chi connectivity index (χ1) is 21.5. The van der Waals surface area contributed by atoms with E-state index in [0.29, 0.717) is 54.0 Å². The summed E-state index contributed by atoms with van der Waals surface area (Å²) < 4.78 is 49.2. The van der Waals surface area contributed by atoms with Crippen LogP contribution in [0.3, 0.4) is 0 Å². The molecule has 3 aliphatic rings. The van der Waals surface area contributed by atoms with E-state index >= 15 is 4.39 Å².